The van der Waals surface area contributed by atoms with Crippen LogP contribution in [0.25, 0.3) is 0 Å². The Kier molecular flexibility index (Phi) is 4.98. The van der Waals surface area contributed by atoms with E-state index in [1.165, 1.54) is 5.56 Å². The molecule has 1 aromatic carbocycles. The molecule has 5 heteroatoms. The largest absolute Gasteiger partial charge is 0.494 e. The summed E-state index contributed by atoms with van der Waals surface area (Å²) >= 11 is 0. The van der Waals surface area contributed by atoms with Crippen LogP contribution in [0, 0.1) is 5.92 Å². The van der Waals surface area contributed by atoms with Gasteiger partial charge in [-0.1, -0.05) is 25.5 Å². The first-order valence-corrected chi connectivity index (χ1v) is 7.04. The lowest BCUT2D eigenvalue weighted by Crippen LogP contribution is -2.34. The zero-order chi connectivity index (χ0) is 14.4. The van der Waals surface area contributed by atoms with E-state index in [0.717, 1.165) is 31.6 Å². The number of hydrogen-bond acceptors (Lipinski definition) is 5. The predicted octanol–water partition coefficient (Wildman–Crippen LogP) is 1.71. The molecule has 0 aliphatic carbocycles. The van der Waals surface area contributed by atoms with Crippen molar-refractivity contribution in [3.63, 3.8) is 0 Å². The van der Waals surface area contributed by atoms with Crippen LogP contribution in [0.5, 0.6) is 5.75 Å². The normalized spacial score (nSPS) is 18.4. The minimum atomic E-state index is 0.119. The van der Waals surface area contributed by atoms with E-state index < -0.39 is 0 Å². The number of ether oxygens (including phenoxy) is 1. The second-order valence-electron chi connectivity index (χ2n) is 4.99. The van der Waals surface area contributed by atoms with E-state index in [4.69, 9.17) is 16.2 Å². The summed E-state index contributed by atoms with van der Waals surface area (Å²) in [5.74, 6) is 1.86. The van der Waals surface area contributed by atoms with Crippen molar-refractivity contribution >= 4 is 11.8 Å². The van der Waals surface area contributed by atoms with Gasteiger partial charge in [0.1, 0.15) is 11.6 Å². The van der Waals surface area contributed by atoms with E-state index in [1.54, 1.807) is 0 Å². The van der Waals surface area contributed by atoms with Gasteiger partial charge >= 0.3 is 0 Å². The molecule has 4 N–H and O–H groups in total. The molecular weight excluding hydrogens is 252 g/mol. The Morgan fingerprint density at radius 3 is 2.95 bits per heavy atom. The lowest BCUT2D eigenvalue weighted by Gasteiger charge is -2.18. The van der Waals surface area contributed by atoms with Crippen molar-refractivity contribution in [3.8, 4) is 5.75 Å². The van der Waals surface area contributed by atoms with E-state index in [-0.39, 0.29) is 11.9 Å². The van der Waals surface area contributed by atoms with Crippen LogP contribution in [0.2, 0.25) is 0 Å². The molecule has 1 atom stereocenters. The average Bonchev–Trinajstić information content (AvgIpc) is 2.43. The number of nitrogens with two attached hydrogens (primary N) is 2. The summed E-state index contributed by atoms with van der Waals surface area (Å²) in [6.07, 6.45) is 3.01. The molecule has 1 unspecified atom stereocenters. The molecule has 20 heavy (non-hydrogen) atoms. The fourth-order valence-electron chi connectivity index (χ4n) is 2.11. The van der Waals surface area contributed by atoms with Gasteiger partial charge in [-0.05, 0) is 30.5 Å². The third kappa shape index (κ3) is 3.98. The molecule has 2 rings (SSSR count). The Balaban J connectivity index is 1.96. The second-order valence-corrected chi connectivity index (χ2v) is 4.99. The van der Waals surface area contributed by atoms with Gasteiger partial charge < -0.3 is 16.2 Å². The first kappa shape index (κ1) is 14.4. The molecule has 1 heterocycles. The molecule has 1 aromatic rings. The lowest BCUT2D eigenvalue weighted by atomic mass is 9.97. The highest BCUT2D eigenvalue weighted by Gasteiger charge is 2.18. The van der Waals surface area contributed by atoms with Crippen LogP contribution in [0.15, 0.2) is 34.3 Å². The van der Waals surface area contributed by atoms with Crippen molar-refractivity contribution in [1.82, 2.24) is 0 Å². The van der Waals surface area contributed by atoms with Crippen molar-refractivity contribution < 1.29 is 4.74 Å². The van der Waals surface area contributed by atoms with Gasteiger partial charge in [-0.25, -0.2) is 4.99 Å². The molecule has 0 spiro atoms. The number of aliphatic imine (C=N–C) groups is 2. The van der Waals surface area contributed by atoms with Gasteiger partial charge in [0.25, 0.3) is 0 Å². The average molecular weight is 274 g/mol. The molecule has 0 saturated carbocycles. The third-order valence-corrected chi connectivity index (χ3v) is 3.28. The molecule has 0 amide bonds. The Labute approximate surface area is 119 Å². The number of benzene rings is 1. The zero-order valence-corrected chi connectivity index (χ0v) is 11.9. The minimum Gasteiger partial charge on any atom is -0.494 e. The first-order chi connectivity index (χ1) is 9.69. The van der Waals surface area contributed by atoms with Crippen molar-refractivity contribution in [2.24, 2.45) is 27.4 Å². The van der Waals surface area contributed by atoms with E-state index in [1.807, 2.05) is 12.1 Å². The highest BCUT2D eigenvalue weighted by Crippen LogP contribution is 2.18. The molecule has 0 saturated heterocycles. The fourth-order valence-corrected chi connectivity index (χ4v) is 2.11. The number of amidine groups is 1. The first-order valence-electron chi connectivity index (χ1n) is 7.04. The summed E-state index contributed by atoms with van der Waals surface area (Å²) < 4.78 is 5.71. The van der Waals surface area contributed by atoms with Gasteiger partial charge in [0.2, 0.25) is 5.96 Å². The van der Waals surface area contributed by atoms with Crippen LogP contribution in [0.4, 0.5) is 0 Å². The van der Waals surface area contributed by atoms with Gasteiger partial charge in [-0.2, -0.15) is 0 Å². The molecule has 0 bridgehead atoms. The summed E-state index contributed by atoms with van der Waals surface area (Å²) in [6.45, 7) is 3.51. The Bertz CT molecular complexity index is 510. The predicted molar refractivity (Wildman–Crippen MR) is 82.2 cm³/mol. The molecule has 1 aliphatic heterocycles. The third-order valence-electron chi connectivity index (χ3n) is 3.28. The second kappa shape index (κ2) is 6.93. The van der Waals surface area contributed by atoms with Crippen LogP contribution in [0.1, 0.15) is 25.3 Å². The van der Waals surface area contributed by atoms with Crippen molar-refractivity contribution in [3.05, 3.63) is 29.8 Å². The molecule has 0 aromatic heterocycles. The number of rotatable bonds is 6. The van der Waals surface area contributed by atoms with Gasteiger partial charge in [0, 0.05) is 5.92 Å². The van der Waals surface area contributed by atoms with Gasteiger partial charge in [0.15, 0.2) is 0 Å². The molecule has 108 valence electrons. The van der Waals surface area contributed by atoms with Crippen LogP contribution in [-0.2, 0) is 6.42 Å². The van der Waals surface area contributed by atoms with Gasteiger partial charge in [0.05, 0.1) is 13.2 Å². The maximum absolute atomic E-state index is 5.91. The Morgan fingerprint density at radius 2 is 2.20 bits per heavy atom. The highest BCUT2D eigenvalue weighted by atomic mass is 16.5. The summed E-state index contributed by atoms with van der Waals surface area (Å²) in [7, 11) is 0. The van der Waals surface area contributed by atoms with E-state index in [0.29, 0.717) is 12.4 Å². The van der Waals surface area contributed by atoms with E-state index >= 15 is 0 Å². The van der Waals surface area contributed by atoms with Crippen LogP contribution >= 0.6 is 0 Å². The van der Waals surface area contributed by atoms with Crippen molar-refractivity contribution in [1.29, 1.82) is 0 Å². The molecule has 0 fully saturated rings. The van der Waals surface area contributed by atoms with E-state index in [9.17, 15) is 0 Å². The van der Waals surface area contributed by atoms with Crippen LogP contribution in [-0.4, -0.2) is 24.9 Å². The molecule has 1 aliphatic rings. The van der Waals surface area contributed by atoms with E-state index in [2.05, 4.69) is 29.0 Å². The number of unbranched alkanes of at least 4 members (excludes halogenated alkanes) is 1. The highest BCUT2D eigenvalue weighted by molar-refractivity contribution is 5.97. The summed E-state index contributed by atoms with van der Waals surface area (Å²) in [5, 5.41) is 0. The summed E-state index contributed by atoms with van der Waals surface area (Å²) in [4.78, 5) is 8.17. The standard InChI is InChI=1S/C15H22N4O/c1-2-3-7-20-13-6-4-5-11(9-13)8-12-10-18-15(17)19-14(12)16/h4-6,9,12H,2-3,7-8,10H2,1H3,(H4,16,17,18,19). The summed E-state index contributed by atoms with van der Waals surface area (Å²) in [5.41, 5.74) is 12.6. The monoisotopic (exact) mass is 274 g/mol. The van der Waals surface area contributed by atoms with Crippen molar-refractivity contribution in [2.75, 3.05) is 13.2 Å². The fraction of sp³-hybridized carbons (Fsp3) is 0.467. The van der Waals surface area contributed by atoms with Crippen LogP contribution < -0.4 is 16.2 Å². The Morgan fingerprint density at radius 1 is 1.35 bits per heavy atom. The Hall–Kier alpha value is -2.04. The maximum atomic E-state index is 5.91. The number of guanidine groups is 1. The SMILES string of the molecule is CCCCOc1cccc(CC2CN=C(N)N=C2N)c1. The topological polar surface area (TPSA) is 86.0 Å². The molecule has 0 radical (unpaired) electrons. The minimum absolute atomic E-state index is 0.119. The van der Waals surface area contributed by atoms with Gasteiger partial charge in [-0.3, -0.25) is 4.99 Å². The zero-order valence-electron chi connectivity index (χ0n) is 11.9. The quantitative estimate of drug-likeness (QED) is 0.774. The summed E-state index contributed by atoms with van der Waals surface area (Å²) in [6, 6.07) is 8.12. The number of nitrogens with zero attached hydrogens (tertiary/aromatic N) is 2. The molecule has 5 nitrogen and oxygen atoms in total. The lowest BCUT2D eigenvalue weighted by molar-refractivity contribution is 0.309. The number of hydrogen-bond donors (Lipinski definition) is 2. The van der Waals surface area contributed by atoms with Gasteiger partial charge in [-0.15, -0.1) is 0 Å². The van der Waals surface area contributed by atoms with Crippen LogP contribution in [0.3, 0.4) is 0 Å². The maximum Gasteiger partial charge on any atom is 0.217 e. The molecular formula is C15H22N4O. The smallest absolute Gasteiger partial charge is 0.217 e. The van der Waals surface area contributed by atoms with Crippen molar-refractivity contribution in [2.45, 2.75) is 26.2 Å².